The molecule has 6 nitrogen and oxygen atoms in total. The fourth-order valence-electron chi connectivity index (χ4n) is 1.64. The number of nitrogens with two attached hydrogens (primary N) is 1. The van der Waals surface area contributed by atoms with Gasteiger partial charge >= 0.3 is 0 Å². The van der Waals surface area contributed by atoms with Gasteiger partial charge in [0.05, 0.1) is 6.20 Å². The second-order valence-corrected chi connectivity index (χ2v) is 5.43. The van der Waals surface area contributed by atoms with E-state index in [1.807, 2.05) is 12.2 Å². The van der Waals surface area contributed by atoms with Crippen molar-refractivity contribution in [3.8, 4) is 0 Å². The van der Waals surface area contributed by atoms with Gasteiger partial charge in [0.1, 0.15) is 0 Å². The summed E-state index contributed by atoms with van der Waals surface area (Å²) in [6.45, 7) is 1.07. The van der Waals surface area contributed by atoms with Crippen molar-refractivity contribution >= 4 is 10.0 Å². The van der Waals surface area contributed by atoms with Crippen LogP contribution in [0, 0.1) is 0 Å². The van der Waals surface area contributed by atoms with Crippen LogP contribution in [0.4, 0.5) is 0 Å². The molecule has 0 amide bonds. The molecule has 16 heavy (non-hydrogen) atoms. The van der Waals surface area contributed by atoms with Crippen LogP contribution < -0.4 is 5.73 Å². The van der Waals surface area contributed by atoms with Gasteiger partial charge in [-0.15, -0.1) is 0 Å². The number of nitrogens with one attached hydrogen (secondary N) is 1. The van der Waals surface area contributed by atoms with Gasteiger partial charge in [-0.1, -0.05) is 12.2 Å². The van der Waals surface area contributed by atoms with Crippen LogP contribution in [0.1, 0.15) is 12.0 Å². The second kappa shape index (κ2) is 4.36. The SMILES string of the molecule is NCc1cn[nH]c1S(=O)(=O)N1CC=CCC1. The van der Waals surface area contributed by atoms with E-state index in [9.17, 15) is 8.42 Å². The van der Waals surface area contributed by atoms with Crippen LogP contribution in [0.25, 0.3) is 0 Å². The minimum absolute atomic E-state index is 0.116. The highest BCUT2D eigenvalue weighted by molar-refractivity contribution is 7.89. The molecule has 7 heteroatoms. The summed E-state index contributed by atoms with van der Waals surface area (Å²) >= 11 is 0. The monoisotopic (exact) mass is 242 g/mol. The molecule has 0 fully saturated rings. The molecule has 0 atom stereocenters. The van der Waals surface area contributed by atoms with E-state index in [1.165, 1.54) is 10.5 Å². The lowest BCUT2D eigenvalue weighted by Gasteiger charge is -2.22. The molecule has 0 saturated carbocycles. The highest BCUT2D eigenvalue weighted by atomic mass is 32.2. The molecule has 1 aromatic heterocycles. The van der Waals surface area contributed by atoms with Gasteiger partial charge in [-0.3, -0.25) is 5.10 Å². The number of hydrogen-bond acceptors (Lipinski definition) is 4. The Morgan fingerprint density at radius 2 is 2.31 bits per heavy atom. The Balaban J connectivity index is 2.35. The zero-order valence-corrected chi connectivity index (χ0v) is 9.57. The predicted octanol–water partition coefficient (Wildman–Crippen LogP) is -0.181. The molecule has 1 aliphatic heterocycles. The van der Waals surface area contributed by atoms with Gasteiger partial charge in [-0.05, 0) is 6.42 Å². The summed E-state index contributed by atoms with van der Waals surface area (Å²) in [7, 11) is -3.48. The zero-order valence-electron chi connectivity index (χ0n) is 8.76. The third kappa shape index (κ3) is 1.89. The van der Waals surface area contributed by atoms with Crippen LogP contribution in [-0.4, -0.2) is 36.0 Å². The molecule has 0 aliphatic carbocycles. The first kappa shape index (κ1) is 11.3. The Kier molecular flexibility index (Phi) is 3.08. The number of H-pyrrole nitrogens is 1. The topological polar surface area (TPSA) is 92.1 Å². The normalized spacial score (nSPS) is 17.8. The van der Waals surface area contributed by atoms with Crippen LogP contribution in [-0.2, 0) is 16.6 Å². The molecular weight excluding hydrogens is 228 g/mol. The Hall–Kier alpha value is -1.18. The first-order valence-corrected chi connectivity index (χ1v) is 6.47. The van der Waals surface area contributed by atoms with Gasteiger partial charge in [0.2, 0.25) is 0 Å². The Labute approximate surface area is 94.2 Å². The molecule has 0 bridgehead atoms. The number of aromatic nitrogens is 2. The van der Waals surface area contributed by atoms with E-state index in [2.05, 4.69) is 10.2 Å². The first-order chi connectivity index (χ1) is 7.66. The number of nitrogens with zero attached hydrogens (tertiary/aromatic N) is 2. The Morgan fingerprint density at radius 1 is 1.50 bits per heavy atom. The van der Waals surface area contributed by atoms with Crippen molar-refractivity contribution in [1.82, 2.24) is 14.5 Å². The lowest BCUT2D eigenvalue weighted by atomic mass is 10.3. The fraction of sp³-hybridized carbons (Fsp3) is 0.444. The van der Waals surface area contributed by atoms with Crippen molar-refractivity contribution in [2.75, 3.05) is 13.1 Å². The summed E-state index contributed by atoms with van der Waals surface area (Å²) in [5, 5.41) is 6.35. The minimum atomic E-state index is -3.48. The van der Waals surface area contributed by atoms with Crippen molar-refractivity contribution in [1.29, 1.82) is 0 Å². The largest absolute Gasteiger partial charge is 0.326 e. The third-order valence-electron chi connectivity index (χ3n) is 2.52. The average molecular weight is 242 g/mol. The van der Waals surface area contributed by atoms with Crippen molar-refractivity contribution < 1.29 is 8.42 Å². The van der Waals surface area contributed by atoms with Gasteiger partial charge in [0.15, 0.2) is 5.03 Å². The highest BCUT2D eigenvalue weighted by Gasteiger charge is 2.27. The lowest BCUT2D eigenvalue weighted by Crippen LogP contribution is -2.34. The molecule has 1 aromatic rings. The average Bonchev–Trinajstić information content (AvgIpc) is 2.79. The number of aromatic amines is 1. The van der Waals surface area contributed by atoms with Crippen molar-refractivity contribution in [3.63, 3.8) is 0 Å². The Morgan fingerprint density at radius 3 is 2.94 bits per heavy atom. The molecule has 88 valence electrons. The smallest absolute Gasteiger partial charge is 0.260 e. The third-order valence-corrected chi connectivity index (χ3v) is 4.40. The van der Waals surface area contributed by atoms with Crippen LogP contribution in [0.15, 0.2) is 23.4 Å². The van der Waals surface area contributed by atoms with Crippen molar-refractivity contribution in [2.24, 2.45) is 5.73 Å². The summed E-state index contributed by atoms with van der Waals surface area (Å²) in [4.78, 5) is 0. The summed E-state index contributed by atoms with van der Waals surface area (Å²) in [5.74, 6) is 0. The van der Waals surface area contributed by atoms with Crippen LogP contribution in [0.5, 0.6) is 0 Å². The number of rotatable bonds is 3. The first-order valence-electron chi connectivity index (χ1n) is 5.03. The van der Waals surface area contributed by atoms with E-state index < -0.39 is 10.0 Å². The van der Waals surface area contributed by atoms with E-state index in [-0.39, 0.29) is 11.6 Å². The summed E-state index contributed by atoms with van der Waals surface area (Å²) in [5.41, 5.74) is 5.99. The summed E-state index contributed by atoms with van der Waals surface area (Å²) in [6.07, 6.45) is 6.01. The van der Waals surface area contributed by atoms with Gasteiger partial charge < -0.3 is 5.73 Å². The quantitative estimate of drug-likeness (QED) is 0.719. The molecule has 1 aliphatic rings. The van der Waals surface area contributed by atoms with E-state index in [0.717, 1.165) is 6.42 Å². The lowest BCUT2D eigenvalue weighted by molar-refractivity contribution is 0.434. The second-order valence-electron chi connectivity index (χ2n) is 3.55. The van der Waals surface area contributed by atoms with Crippen LogP contribution >= 0.6 is 0 Å². The predicted molar refractivity (Wildman–Crippen MR) is 59.0 cm³/mol. The number of sulfonamides is 1. The summed E-state index contributed by atoms with van der Waals surface area (Å²) in [6, 6.07) is 0. The molecular formula is C9H14N4O2S. The van der Waals surface area contributed by atoms with E-state index in [1.54, 1.807) is 0 Å². The Bertz CT molecular complexity index is 491. The van der Waals surface area contributed by atoms with Gasteiger partial charge in [0, 0.05) is 25.2 Å². The molecule has 2 heterocycles. The molecule has 0 saturated heterocycles. The fourth-order valence-corrected chi connectivity index (χ4v) is 3.16. The van der Waals surface area contributed by atoms with Crippen LogP contribution in [0.3, 0.4) is 0 Å². The maximum absolute atomic E-state index is 12.2. The summed E-state index contributed by atoms with van der Waals surface area (Å²) < 4.78 is 25.8. The van der Waals surface area contributed by atoms with Gasteiger partial charge in [0.25, 0.3) is 10.0 Å². The standard InChI is InChI=1S/C9H14N4O2S/c10-6-8-7-11-12-9(8)16(14,15)13-4-2-1-3-5-13/h1-2,7H,3-6,10H2,(H,11,12). The minimum Gasteiger partial charge on any atom is -0.326 e. The maximum atomic E-state index is 12.2. The number of hydrogen-bond donors (Lipinski definition) is 2. The molecule has 0 spiro atoms. The van der Waals surface area contributed by atoms with Crippen molar-refractivity contribution in [2.45, 2.75) is 18.0 Å². The van der Waals surface area contributed by atoms with Crippen LogP contribution in [0.2, 0.25) is 0 Å². The van der Waals surface area contributed by atoms with E-state index >= 15 is 0 Å². The van der Waals surface area contributed by atoms with Crippen molar-refractivity contribution in [3.05, 3.63) is 23.9 Å². The van der Waals surface area contributed by atoms with E-state index in [0.29, 0.717) is 18.7 Å². The molecule has 0 radical (unpaired) electrons. The molecule has 3 N–H and O–H groups in total. The van der Waals surface area contributed by atoms with Gasteiger partial charge in [-0.2, -0.15) is 9.40 Å². The maximum Gasteiger partial charge on any atom is 0.260 e. The van der Waals surface area contributed by atoms with E-state index in [4.69, 9.17) is 5.73 Å². The molecule has 0 aromatic carbocycles. The zero-order chi connectivity index (χ0) is 11.6. The van der Waals surface area contributed by atoms with Gasteiger partial charge in [-0.25, -0.2) is 8.42 Å². The molecule has 2 rings (SSSR count). The highest BCUT2D eigenvalue weighted by Crippen LogP contribution is 2.18. The molecule has 0 unspecified atom stereocenters.